The number of fused-ring (bicyclic) bond motifs is 2. The summed E-state index contributed by atoms with van der Waals surface area (Å²) < 4.78 is 12.1. The number of amides is 1. The summed E-state index contributed by atoms with van der Waals surface area (Å²) in [6, 6.07) is -1.03. The third kappa shape index (κ3) is 3.78. The second kappa shape index (κ2) is 6.03. The van der Waals surface area contributed by atoms with Crippen molar-refractivity contribution in [3.63, 3.8) is 0 Å². The molecule has 6 heteroatoms. The molecule has 0 aromatic carbocycles. The van der Waals surface area contributed by atoms with Gasteiger partial charge in [0.1, 0.15) is 6.04 Å². The molecule has 2 rings (SSSR count). The first-order valence-electron chi connectivity index (χ1n) is 6.80. The molecule has 2 fully saturated rings. The molecule has 19 heavy (non-hydrogen) atoms. The quantitative estimate of drug-likeness (QED) is 0.755. The molecule has 0 aromatic heterocycles. The van der Waals surface area contributed by atoms with Crippen LogP contribution in [0.5, 0.6) is 0 Å². The van der Waals surface area contributed by atoms with Crippen LogP contribution in [0.4, 0.5) is 0 Å². The normalized spacial score (nSPS) is 31.9. The fourth-order valence-electron chi connectivity index (χ4n) is 3.49. The van der Waals surface area contributed by atoms with Gasteiger partial charge < -0.3 is 10.4 Å². The standard InChI is InChI=1S/C13H21NO4S/c1-8(15)14-12(13(16)17)7-19(18)6-11-5-9-2-3-10(11)4-9/h9-12H,2-7H2,1H3,(H,14,15)(H,16,17). The van der Waals surface area contributed by atoms with E-state index < -0.39 is 28.7 Å². The summed E-state index contributed by atoms with van der Waals surface area (Å²) in [5.41, 5.74) is 0. The first-order valence-corrected chi connectivity index (χ1v) is 8.29. The number of aliphatic carboxylic acids is 1. The van der Waals surface area contributed by atoms with E-state index in [0.29, 0.717) is 17.6 Å². The van der Waals surface area contributed by atoms with Gasteiger partial charge in [-0.05, 0) is 37.0 Å². The van der Waals surface area contributed by atoms with Crippen molar-refractivity contribution in [1.29, 1.82) is 0 Å². The summed E-state index contributed by atoms with van der Waals surface area (Å²) in [5.74, 6) is 1.08. The van der Waals surface area contributed by atoms with Gasteiger partial charge >= 0.3 is 5.97 Å². The Labute approximate surface area is 115 Å². The van der Waals surface area contributed by atoms with E-state index in [2.05, 4.69) is 5.32 Å². The minimum absolute atomic E-state index is 0.0167. The maximum atomic E-state index is 12.1. The molecule has 2 aliphatic rings. The summed E-state index contributed by atoms with van der Waals surface area (Å²) in [6.45, 7) is 1.27. The van der Waals surface area contributed by atoms with E-state index in [-0.39, 0.29) is 5.75 Å². The van der Waals surface area contributed by atoms with Gasteiger partial charge in [0.05, 0.1) is 5.75 Å². The van der Waals surface area contributed by atoms with Crippen molar-refractivity contribution in [2.45, 2.75) is 38.6 Å². The van der Waals surface area contributed by atoms with Crippen LogP contribution in [-0.2, 0) is 20.4 Å². The maximum Gasteiger partial charge on any atom is 0.327 e. The minimum Gasteiger partial charge on any atom is -0.480 e. The number of carbonyl (C=O) groups excluding carboxylic acids is 1. The molecule has 0 spiro atoms. The van der Waals surface area contributed by atoms with E-state index >= 15 is 0 Å². The summed E-state index contributed by atoms with van der Waals surface area (Å²) in [4.78, 5) is 21.9. The molecule has 2 aliphatic carbocycles. The maximum absolute atomic E-state index is 12.1. The lowest BCUT2D eigenvalue weighted by atomic mass is 9.90. The number of rotatable bonds is 6. The second-order valence-electron chi connectivity index (χ2n) is 5.80. The summed E-state index contributed by atoms with van der Waals surface area (Å²) in [5, 5.41) is 11.3. The van der Waals surface area contributed by atoms with Crippen molar-refractivity contribution in [2.75, 3.05) is 11.5 Å². The van der Waals surface area contributed by atoms with Gasteiger partial charge in [0.25, 0.3) is 0 Å². The highest BCUT2D eigenvalue weighted by Crippen LogP contribution is 2.48. The second-order valence-corrected chi connectivity index (χ2v) is 7.35. The van der Waals surface area contributed by atoms with Crippen LogP contribution in [-0.4, -0.2) is 38.7 Å². The van der Waals surface area contributed by atoms with Crippen molar-refractivity contribution >= 4 is 22.7 Å². The molecule has 108 valence electrons. The predicted molar refractivity (Wildman–Crippen MR) is 72.1 cm³/mol. The molecule has 5 nitrogen and oxygen atoms in total. The Hall–Kier alpha value is -0.910. The first-order chi connectivity index (χ1) is 8.95. The molecule has 5 unspecified atom stereocenters. The molecule has 1 amide bonds. The third-order valence-corrected chi connectivity index (χ3v) is 5.82. The lowest BCUT2D eigenvalue weighted by molar-refractivity contribution is -0.140. The fourth-order valence-corrected chi connectivity index (χ4v) is 5.11. The third-order valence-electron chi connectivity index (χ3n) is 4.31. The highest BCUT2D eigenvalue weighted by atomic mass is 32.2. The SMILES string of the molecule is CC(=O)NC(CS(=O)CC1CC2CCC1C2)C(=O)O. The van der Waals surface area contributed by atoms with E-state index in [1.54, 1.807) is 0 Å². The molecule has 2 N–H and O–H groups in total. The van der Waals surface area contributed by atoms with Gasteiger partial charge in [0.2, 0.25) is 5.91 Å². The average molecular weight is 287 g/mol. The zero-order chi connectivity index (χ0) is 14.0. The minimum atomic E-state index is -1.17. The van der Waals surface area contributed by atoms with E-state index in [9.17, 15) is 13.8 Å². The molecule has 2 saturated carbocycles. The zero-order valence-electron chi connectivity index (χ0n) is 11.1. The number of nitrogens with one attached hydrogen (secondary N) is 1. The van der Waals surface area contributed by atoms with E-state index in [1.165, 1.54) is 26.2 Å². The lowest BCUT2D eigenvalue weighted by Gasteiger charge is -2.22. The number of carbonyl (C=O) groups is 2. The molecular weight excluding hydrogens is 266 g/mol. The Bertz CT molecular complexity index is 398. The molecule has 0 aliphatic heterocycles. The van der Waals surface area contributed by atoms with Crippen molar-refractivity contribution in [3.05, 3.63) is 0 Å². The average Bonchev–Trinajstić information content (AvgIpc) is 2.89. The molecule has 0 heterocycles. The van der Waals surface area contributed by atoms with Crippen LogP contribution >= 0.6 is 0 Å². The Kier molecular flexibility index (Phi) is 4.60. The molecule has 5 atom stereocenters. The summed E-state index contributed by atoms with van der Waals surface area (Å²) in [6.07, 6.45) is 4.95. The van der Waals surface area contributed by atoms with E-state index in [1.807, 2.05) is 0 Å². The number of hydrogen-bond acceptors (Lipinski definition) is 3. The van der Waals surface area contributed by atoms with Crippen LogP contribution in [0.15, 0.2) is 0 Å². The Balaban J connectivity index is 1.82. The first kappa shape index (κ1) is 14.5. The van der Waals surface area contributed by atoms with Gasteiger partial charge in [0, 0.05) is 23.5 Å². The number of hydrogen-bond donors (Lipinski definition) is 2. The van der Waals surface area contributed by atoms with Crippen molar-refractivity contribution in [2.24, 2.45) is 17.8 Å². The molecule has 0 saturated heterocycles. The van der Waals surface area contributed by atoms with Gasteiger partial charge in [0.15, 0.2) is 0 Å². The van der Waals surface area contributed by atoms with Crippen molar-refractivity contribution < 1.29 is 18.9 Å². The Morgan fingerprint density at radius 3 is 2.58 bits per heavy atom. The Morgan fingerprint density at radius 2 is 2.11 bits per heavy atom. The van der Waals surface area contributed by atoms with Crippen molar-refractivity contribution in [3.8, 4) is 0 Å². The number of carboxylic acid groups (broad SMARTS) is 1. The topological polar surface area (TPSA) is 83.5 Å². The van der Waals surface area contributed by atoms with Gasteiger partial charge in [-0.15, -0.1) is 0 Å². The van der Waals surface area contributed by atoms with E-state index in [0.717, 1.165) is 12.3 Å². The van der Waals surface area contributed by atoms with Crippen LogP contribution in [0.1, 0.15) is 32.6 Å². The van der Waals surface area contributed by atoms with Gasteiger partial charge in [-0.25, -0.2) is 4.79 Å². The van der Waals surface area contributed by atoms with Crippen LogP contribution in [0.2, 0.25) is 0 Å². The molecule has 2 bridgehead atoms. The number of carboxylic acids is 1. The van der Waals surface area contributed by atoms with Crippen LogP contribution in [0.25, 0.3) is 0 Å². The van der Waals surface area contributed by atoms with Gasteiger partial charge in [-0.2, -0.15) is 0 Å². The highest BCUT2D eigenvalue weighted by molar-refractivity contribution is 7.85. The lowest BCUT2D eigenvalue weighted by Crippen LogP contribution is -2.44. The van der Waals surface area contributed by atoms with Crippen LogP contribution in [0.3, 0.4) is 0 Å². The monoisotopic (exact) mass is 287 g/mol. The Morgan fingerprint density at radius 1 is 1.37 bits per heavy atom. The van der Waals surface area contributed by atoms with E-state index in [4.69, 9.17) is 5.11 Å². The smallest absolute Gasteiger partial charge is 0.327 e. The summed E-state index contributed by atoms with van der Waals surface area (Å²) in [7, 11) is -1.17. The molecular formula is C13H21NO4S. The van der Waals surface area contributed by atoms with Crippen LogP contribution in [0, 0.1) is 17.8 Å². The largest absolute Gasteiger partial charge is 0.480 e. The van der Waals surface area contributed by atoms with Gasteiger partial charge in [-0.3, -0.25) is 9.00 Å². The molecule has 0 radical (unpaired) electrons. The zero-order valence-corrected chi connectivity index (χ0v) is 11.9. The van der Waals surface area contributed by atoms with Gasteiger partial charge in [-0.1, -0.05) is 6.42 Å². The predicted octanol–water partition coefficient (Wildman–Crippen LogP) is 0.761. The highest BCUT2D eigenvalue weighted by Gasteiger charge is 2.40. The van der Waals surface area contributed by atoms with Crippen LogP contribution < -0.4 is 5.32 Å². The summed E-state index contributed by atoms with van der Waals surface area (Å²) >= 11 is 0. The fraction of sp³-hybridized carbons (Fsp3) is 0.846. The molecule has 0 aromatic rings. The van der Waals surface area contributed by atoms with Crippen molar-refractivity contribution in [1.82, 2.24) is 5.32 Å².